The highest BCUT2D eigenvalue weighted by molar-refractivity contribution is 5.97. The average Bonchev–Trinajstić information content (AvgIpc) is 2.95. The molecular formula is C30H27FN4O2. The van der Waals surface area contributed by atoms with Crippen molar-refractivity contribution in [3.8, 4) is 17.6 Å². The fourth-order valence-electron chi connectivity index (χ4n) is 4.47. The fourth-order valence-corrected chi connectivity index (χ4v) is 4.47. The van der Waals surface area contributed by atoms with Crippen molar-refractivity contribution in [1.29, 1.82) is 5.26 Å². The van der Waals surface area contributed by atoms with Crippen molar-refractivity contribution < 1.29 is 13.9 Å². The van der Waals surface area contributed by atoms with Gasteiger partial charge in [-0.1, -0.05) is 30.4 Å². The van der Waals surface area contributed by atoms with Gasteiger partial charge in [-0.2, -0.15) is 5.26 Å². The molecule has 2 aliphatic rings. The third kappa shape index (κ3) is 6.05. The standard InChI is InChI=1S/C30H27FN4O2/c31-26-8-6-23(7-9-26)21-33-15-17-34(18-16-33)30(36)25-4-2-14-35(22-25)27-10-12-28(13-11-27)37-29-5-1-3-24(19-29)20-32/h1-13,19,22H,14-18,21H2. The number of nitriles is 1. The molecule has 186 valence electrons. The van der Waals surface area contributed by atoms with Crippen LogP contribution in [0.5, 0.6) is 11.5 Å². The van der Waals surface area contributed by atoms with Gasteiger partial charge in [-0.25, -0.2) is 4.39 Å². The molecule has 0 saturated carbocycles. The highest BCUT2D eigenvalue weighted by Gasteiger charge is 2.24. The van der Waals surface area contributed by atoms with E-state index in [1.54, 1.807) is 18.2 Å². The number of anilines is 1. The van der Waals surface area contributed by atoms with Crippen LogP contribution in [0.15, 0.2) is 96.7 Å². The van der Waals surface area contributed by atoms with Gasteiger partial charge >= 0.3 is 0 Å². The van der Waals surface area contributed by atoms with E-state index in [1.165, 1.54) is 12.1 Å². The lowest BCUT2D eigenvalue weighted by Gasteiger charge is -2.35. The predicted molar refractivity (Wildman–Crippen MR) is 140 cm³/mol. The molecule has 3 aromatic carbocycles. The molecule has 3 aromatic rings. The first-order valence-electron chi connectivity index (χ1n) is 12.3. The van der Waals surface area contributed by atoms with Gasteiger partial charge in [0.05, 0.1) is 17.2 Å². The topological polar surface area (TPSA) is 59.8 Å². The Kier molecular flexibility index (Phi) is 7.29. The largest absolute Gasteiger partial charge is 0.457 e. The number of benzene rings is 3. The van der Waals surface area contributed by atoms with Gasteiger partial charge in [-0.05, 0) is 60.2 Å². The zero-order valence-electron chi connectivity index (χ0n) is 20.4. The van der Waals surface area contributed by atoms with E-state index in [4.69, 9.17) is 10.00 Å². The molecule has 1 saturated heterocycles. The Hall–Kier alpha value is -4.41. The van der Waals surface area contributed by atoms with E-state index in [0.29, 0.717) is 42.3 Å². The molecule has 2 aliphatic heterocycles. The second-order valence-corrected chi connectivity index (χ2v) is 9.07. The number of nitrogens with zero attached hydrogens (tertiary/aromatic N) is 4. The first-order chi connectivity index (χ1) is 18.1. The molecule has 0 aromatic heterocycles. The molecule has 1 fully saturated rings. The molecule has 37 heavy (non-hydrogen) atoms. The van der Waals surface area contributed by atoms with Crippen molar-refractivity contribution >= 4 is 11.6 Å². The third-order valence-electron chi connectivity index (χ3n) is 6.49. The number of piperazine rings is 1. The van der Waals surface area contributed by atoms with Gasteiger partial charge in [0, 0.05) is 51.2 Å². The summed E-state index contributed by atoms with van der Waals surface area (Å²) in [5, 5.41) is 9.06. The molecule has 2 heterocycles. The Balaban J connectivity index is 1.18. The number of carbonyl (C=O) groups excluding carboxylic acids is 1. The molecule has 0 N–H and O–H groups in total. The smallest absolute Gasteiger partial charge is 0.255 e. The zero-order valence-corrected chi connectivity index (χ0v) is 20.4. The summed E-state index contributed by atoms with van der Waals surface area (Å²) in [6.45, 7) is 4.30. The van der Waals surface area contributed by atoms with Crippen molar-refractivity contribution in [2.45, 2.75) is 6.54 Å². The van der Waals surface area contributed by atoms with Crippen LogP contribution in [0.25, 0.3) is 0 Å². The summed E-state index contributed by atoms with van der Waals surface area (Å²) < 4.78 is 19.0. The first kappa shape index (κ1) is 24.3. The summed E-state index contributed by atoms with van der Waals surface area (Å²) in [4.78, 5) is 19.4. The van der Waals surface area contributed by atoms with Crippen molar-refractivity contribution in [2.24, 2.45) is 0 Å². The van der Waals surface area contributed by atoms with Crippen LogP contribution in [0.4, 0.5) is 10.1 Å². The lowest BCUT2D eigenvalue weighted by molar-refractivity contribution is -0.128. The maximum Gasteiger partial charge on any atom is 0.255 e. The lowest BCUT2D eigenvalue weighted by atomic mass is 10.1. The molecule has 0 spiro atoms. The summed E-state index contributed by atoms with van der Waals surface area (Å²) in [6.07, 6.45) is 5.79. The van der Waals surface area contributed by atoms with Gasteiger partial charge in [0.25, 0.3) is 5.91 Å². The van der Waals surface area contributed by atoms with Crippen LogP contribution in [0.2, 0.25) is 0 Å². The van der Waals surface area contributed by atoms with Crippen LogP contribution in [0.3, 0.4) is 0 Å². The molecule has 6 nitrogen and oxygen atoms in total. The van der Waals surface area contributed by atoms with Crippen LogP contribution < -0.4 is 9.64 Å². The van der Waals surface area contributed by atoms with Crippen LogP contribution >= 0.6 is 0 Å². The van der Waals surface area contributed by atoms with E-state index >= 15 is 0 Å². The highest BCUT2D eigenvalue weighted by Crippen LogP contribution is 2.27. The minimum Gasteiger partial charge on any atom is -0.457 e. The summed E-state index contributed by atoms with van der Waals surface area (Å²) >= 11 is 0. The molecule has 0 radical (unpaired) electrons. The van der Waals surface area contributed by atoms with Crippen LogP contribution in [-0.2, 0) is 11.3 Å². The summed E-state index contributed by atoms with van der Waals surface area (Å²) in [5.41, 5.74) is 3.23. The lowest BCUT2D eigenvalue weighted by Crippen LogP contribution is -2.48. The number of rotatable bonds is 6. The Bertz CT molecular complexity index is 1350. The van der Waals surface area contributed by atoms with E-state index < -0.39 is 0 Å². The second-order valence-electron chi connectivity index (χ2n) is 9.07. The van der Waals surface area contributed by atoms with Crippen molar-refractivity contribution in [2.75, 3.05) is 37.6 Å². The normalized spacial score (nSPS) is 15.7. The van der Waals surface area contributed by atoms with Gasteiger partial charge in [-0.3, -0.25) is 9.69 Å². The van der Waals surface area contributed by atoms with Gasteiger partial charge < -0.3 is 14.5 Å². The molecule has 0 bridgehead atoms. The second kappa shape index (κ2) is 11.1. The van der Waals surface area contributed by atoms with Gasteiger partial charge in [0.2, 0.25) is 0 Å². The van der Waals surface area contributed by atoms with Crippen molar-refractivity contribution in [3.05, 3.63) is 114 Å². The average molecular weight is 495 g/mol. The SMILES string of the molecule is N#Cc1cccc(Oc2ccc(N3C=C(C(=O)N4CCN(Cc5ccc(F)cc5)CC4)C=CC3)cc2)c1. The zero-order chi connectivity index (χ0) is 25.6. The minimum atomic E-state index is -0.228. The Labute approximate surface area is 216 Å². The summed E-state index contributed by atoms with van der Waals surface area (Å²) in [7, 11) is 0. The molecule has 7 heteroatoms. The van der Waals surface area contributed by atoms with Crippen LogP contribution in [-0.4, -0.2) is 48.4 Å². The highest BCUT2D eigenvalue weighted by atomic mass is 19.1. The predicted octanol–water partition coefficient (Wildman–Crippen LogP) is 5.09. The van der Waals surface area contributed by atoms with Crippen molar-refractivity contribution in [3.63, 3.8) is 0 Å². The van der Waals surface area contributed by atoms with Crippen molar-refractivity contribution in [1.82, 2.24) is 9.80 Å². The number of carbonyl (C=O) groups is 1. The number of hydrogen-bond donors (Lipinski definition) is 0. The van der Waals surface area contributed by atoms with Crippen LogP contribution in [0, 0.1) is 17.1 Å². The summed E-state index contributed by atoms with van der Waals surface area (Å²) in [5.74, 6) is 1.08. The van der Waals surface area contributed by atoms with E-state index in [-0.39, 0.29) is 11.7 Å². The quantitative estimate of drug-likeness (QED) is 0.478. The molecule has 5 rings (SSSR count). The van der Waals surface area contributed by atoms with E-state index in [0.717, 1.165) is 30.9 Å². The maximum absolute atomic E-state index is 13.2. The molecule has 0 atom stereocenters. The van der Waals surface area contributed by atoms with E-state index in [1.807, 2.05) is 70.6 Å². The third-order valence-corrected chi connectivity index (χ3v) is 6.49. The van der Waals surface area contributed by atoms with Gasteiger partial charge in [0.1, 0.15) is 17.3 Å². The number of ether oxygens (including phenoxy) is 1. The first-order valence-corrected chi connectivity index (χ1v) is 12.3. The van der Waals surface area contributed by atoms with Gasteiger partial charge in [0.15, 0.2) is 0 Å². The van der Waals surface area contributed by atoms with Crippen LogP contribution in [0.1, 0.15) is 11.1 Å². The monoisotopic (exact) mass is 494 g/mol. The number of amides is 1. The summed E-state index contributed by atoms with van der Waals surface area (Å²) in [6, 6.07) is 23.4. The number of hydrogen-bond acceptors (Lipinski definition) is 5. The van der Waals surface area contributed by atoms with Gasteiger partial charge in [-0.15, -0.1) is 0 Å². The van der Waals surface area contributed by atoms with E-state index in [9.17, 15) is 9.18 Å². The number of halogens is 1. The Morgan fingerprint density at radius 3 is 2.43 bits per heavy atom. The maximum atomic E-state index is 13.2. The molecule has 1 amide bonds. The Morgan fingerprint density at radius 1 is 0.946 bits per heavy atom. The molecular weight excluding hydrogens is 467 g/mol. The van der Waals surface area contributed by atoms with E-state index in [2.05, 4.69) is 11.0 Å². The molecule has 0 unspecified atom stereocenters. The molecule has 0 aliphatic carbocycles. The Morgan fingerprint density at radius 2 is 1.70 bits per heavy atom. The minimum absolute atomic E-state index is 0.0275. The fraction of sp³-hybridized carbons (Fsp3) is 0.200.